The highest BCUT2D eigenvalue weighted by Crippen LogP contribution is 2.37. The number of nitrogens with zero attached hydrogens (tertiary/aromatic N) is 1. The molecule has 0 aliphatic carbocycles. The van der Waals surface area contributed by atoms with Gasteiger partial charge in [0.25, 0.3) is 0 Å². The monoisotopic (exact) mass is 267 g/mol. The summed E-state index contributed by atoms with van der Waals surface area (Å²) in [6.45, 7) is 1.31. The van der Waals surface area contributed by atoms with Crippen LogP contribution >= 0.6 is 0 Å². The van der Waals surface area contributed by atoms with Crippen LogP contribution < -0.4 is 4.90 Å². The van der Waals surface area contributed by atoms with Crippen LogP contribution in [-0.4, -0.2) is 18.3 Å². The Hall–Kier alpha value is -1.80. The van der Waals surface area contributed by atoms with Crippen LogP contribution in [0.2, 0.25) is 0 Å². The molecule has 0 bridgehead atoms. The molecule has 0 saturated carbocycles. The van der Waals surface area contributed by atoms with Crippen molar-refractivity contribution < 1.29 is 5.11 Å². The molecule has 1 aliphatic heterocycles. The number of hydrogen-bond donors (Lipinski definition) is 1. The van der Waals surface area contributed by atoms with Crippen LogP contribution in [0.15, 0.2) is 60.7 Å². The molecule has 0 spiro atoms. The zero-order valence-corrected chi connectivity index (χ0v) is 11.7. The molecule has 1 N–H and O–H groups in total. The van der Waals surface area contributed by atoms with E-state index in [2.05, 4.69) is 65.6 Å². The molecule has 1 aliphatic rings. The Labute approximate surface area is 120 Å². The van der Waals surface area contributed by atoms with Crippen molar-refractivity contribution in [3.8, 4) is 0 Å². The maximum Gasteiger partial charge on any atom is 0.0545 e. The lowest BCUT2D eigenvalue weighted by atomic mass is 9.87. The number of aliphatic hydroxyl groups is 1. The zero-order valence-electron chi connectivity index (χ0n) is 11.7. The quantitative estimate of drug-likeness (QED) is 0.918. The standard InChI is InChI=1S/C18H21NO/c20-14-15-11-12-19(17-9-5-2-6-10-17)18(13-15)16-7-3-1-4-8-16/h1-10,15,18,20H,11-14H2/t15-,18-/m0/s1. The molecule has 0 aromatic heterocycles. The molecule has 0 amide bonds. The maximum absolute atomic E-state index is 9.49. The number of anilines is 1. The van der Waals surface area contributed by atoms with Crippen molar-refractivity contribution in [3.05, 3.63) is 66.2 Å². The fourth-order valence-electron chi connectivity index (χ4n) is 3.12. The number of rotatable bonds is 3. The normalized spacial score (nSPS) is 22.8. The molecule has 3 rings (SSSR count). The van der Waals surface area contributed by atoms with Crippen molar-refractivity contribution in [1.29, 1.82) is 0 Å². The van der Waals surface area contributed by atoms with Gasteiger partial charge < -0.3 is 10.0 Å². The molecule has 2 aromatic carbocycles. The van der Waals surface area contributed by atoms with Gasteiger partial charge in [0.1, 0.15) is 0 Å². The van der Waals surface area contributed by atoms with Crippen LogP contribution in [-0.2, 0) is 0 Å². The van der Waals surface area contributed by atoms with Crippen molar-refractivity contribution in [2.45, 2.75) is 18.9 Å². The zero-order chi connectivity index (χ0) is 13.8. The van der Waals surface area contributed by atoms with Gasteiger partial charge in [0.05, 0.1) is 6.04 Å². The number of aliphatic hydroxyl groups excluding tert-OH is 1. The minimum atomic E-state index is 0.298. The predicted molar refractivity (Wildman–Crippen MR) is 82.8 cm³/mol. The minimum absolute atomic E-state index is 0.298. The van der Waals surface area contributed by atoms with Gasteiger partial charge in [-0.25, -0.2) is 0 Å². The molecule has 0 radical (unpaired) electrons. The van der Waals surface area contributed by atoms with E-state index < -0.39 is 0 Å². The Balaban J connectivity index is 1.91. The lowest BCUT2D eigenvalue weighted by Gasteiger charge is -2.41. The third-order valence-corrected chi connectivity index (χ3v) is 4.24. The summed E-state index contributed by atoms with van der Waals surface area (Å²) in [5.41, 5.74) is 2.62. The first kappa shape index (κ1) is 13.2. The van der Waals surface area contributed by atoms with E-state index in [0.29, 0.717) is 18.6 Å². The Morgan fingerprint density at radius 2 is 1.60 bits per heavy atom. The Morgan fingerprint density at radius 1 is 0.950 bits per heavy atom. The van der Waals surface area contributed by atoms with Crippen LogP contribution in [0.4, 0.5) is 5.69 Å². The molecular weight excluding hydrogens is 246 g/mol. The van der Waals surface area contributed by atoms with Gasteiger partial charge in [-0.3, -0.25) is 0 Å². The van der Waals surface area contributed by atoms with Crippen molar-refractivity contribution >= 4 is 5.69 Å². The summed E-state index contributed by atoms with van der Waals surface area (Å²) in [6.07, 6.45) is 2.09. The first-order valence-electron chi connectivity index (χ1n) is 7.36. The van der Waals surface area contributed by atoms with Gasteiger partial charge in [-0.2, -0.15) is 0 Å². The highest BCUT2D eigenvalue weighted by molar-refractivity contribution is 5.49. The smallest absolute Gasteiger partial charge is 0.0545 e. The number of piperidine rings is 1. The Kier molecular flexibility index (Phi) is 4.03. The van der Waals surface area contributed by atoms with E-state index in [1.165, 1.54) is 11.3 Å². The highest BCUT2D eigenvalue weighted by Gasteiger charge is 2.29. The van der Waals surface area contributed by atoms with E-state index in [0.717, 1.165) is 19.4 Å². The van der Waals surface area contributed by atoms with Crippen LogP contribution in [0.25, 0.3) is 0 Å². The molecule has 0 unspecified atom stereocenters. The minimum Gasteiger partial charge on any atom is -0.396 e. The molecule has 2 aromatic rings. The molecule has 2 nitrogen and oxygen atoms in total. The van der Waals surface area contributed by atoms with Gasteiger partial charge in [-0.1, -0.05) is 48.5 Å². The van der Waals surface area contributed by atoms with E-state index in [4.69, 9.17) is 0 Å². The molecule has 104 valence electrons. The van der Waals surface area contributed by atoms with Gasteiger partial charge in [0, 0.05) is 18.8 Å². The van der Waals surface area contributed by atoms with E-state index in [-0.39, 0.29) is 0 Å². The van der Waals surface area contributed by atoms with E-state index in [1.54, 1.807) is 0 Å². The van der Waals surface area contributed by atoms with Crippen LogP contribution in [0, 0.1) is 5.92 Å². The molecule has 20 heavy (non-hydrogen) atoms. The summed E-state index contributed by atoms with van der Waals surface area (Å²) in [5.74, 6) is 0.417. The van der Waals surface area contributed by atoms with Crippen LogP contribution in [0.3, 0.4) is 0 Å². The fourth-order valence-corrected chi connectivity index (χ4v) is 3.12. The second-order valence-corrected chi connectivity index (χ2v) is 5.53. The topological polar surface area (TPSA) is 23.5 Å². The fraction of sp³-hybridized carbons (Fsp3) is 0.333. The molecule has 2 atom stereocenters. The average molecular weight is 267 g/mol. The van der Waals surface area contributed by atoms with Crippen LogP contribution in [0.5, 0.6) is 0 Å². The summed E-state index contributed by atoms with van der Waals surface area (Å²) in [4.78, 5) is 2.47. The predicted octanol–water partition coefficient (Wildman–Crippen LogP) is 3.64. The lowest BCUT2D eigenvalue weighted by molar-refractivity contribution is 0.188. The summed E-state index contributed by atoms with van der Waals surface area (Å²) in [6, 6.07) is 21.6. The summed E-state index contributed by atoms with van der Waals surface area (Å²) in [7, 11) is 0. The van der Waals surface area contributed by atoms with Gasteiger partial charge >= 0.3 is 0 Å². The van der Waals surface area contributed by atoms with E-state index >= 15 is 0 Å². The second kappa shape index (κ2) is 6.10. The van der Waals surface area contributed by atoms with Crippen molar-refractivity contribution in [3.63, 3.8) is 0 Å². The van der Waals surface area contributed by atoms with Gasteiger partial charge in [0.15, 0.2) is 0 Å². The van der Waals surface area contributed by atoms with Gasteiger partial charge in [-0.15, -0.1) is 0 Å². The first-order valence-corrected chi connectivity index (χ1v) is 7.36. The number of para-hydroxylation sites is 1. The summed E-state index contributed by atoms with van der Waals surface area (Å²) >= 11 is 0. The van der Waals surface area contributed by atoms with Crippen molar-refractivity contribution in [2.24, 2.45) is 5.92 Å². The maximum atomic E-state index is 9.49. The molecule has 2 heteroatoms. The van der Waals surface area contributed by atoms with Crippen molar-refractivity contribution in [2.75, 3.05) is 18.1 Å². The molecule has 1 saturated heterocycles. The number of hydrogen-bond acceptors (Lipinski definition) is 2. The average Bonchev–Trinajstić information content (AvgIpc) is 2.56. The van der Waals surface area contributed by atoms with E-state index in [9.17, 15) is 5.11 Å². The van der Waals surface area contributed by atoms with Gasteiger partial charge in [-0.05, 0) is 36.5 Å². The van der Waals surface area contributed by atoms with Gasteiger partial charge in [0.2, 0.25) is 0 Å². The third kappa shape index (κ3) is 2.70. The largest absolute Gasteiger partial charge is 0.396 e. The Morgan fingerprint density at radius 3 is 2.25 bits per heavy atom. The second-order valence-electron chi connectivity index (χ2n) is 5.53. The molecule has 1 fully saturated rings. The van der Waals surface area contributed by atoms with E-state index in [1.807, 2.05) is 0 Å². The highest BCUT2D eigenvalue weighted by atomic mass is 16.3. The van der Waals surface area contributed by atoms with Crippen LogP contribution in [0.1, 0.15) is 24.4 Å². The molecular formula is C18H21NO. The lowest BCUT2D eigenvalue weighted by Crippen LogP contribution is -2.37. The SMILES string of the molecule is OC[C@H]1CCN(c2ccccc2)[C@H](c2ccccc2)C1. The summed E-state index contributed by atoms with van der Waals surface area (Å²) in [5, 5.41) is 9.49. The number of benzene rings is 2. The van der Waals surface area contributed by atoms with Crippen molar-refractivity contribution in [1.82, 2.24) is 0 Å². The summed E-state index contributed by atoms with van der Waals surface area (Å²) < 4.78 is 0. The third-order valence-electron chi connectivity index (χ3n) is 4.24. The Bertz CT molecular complexity index is 526. The molecule has 1 heterocycles. The first-order chi connectivity index (χ1) is 9.88.